The highest BCUT2D eigenvalue weighted by molar-refractivity contribution is 5.61. The van der Waals surface area contributed by atoms with Gasteiger partial charge in [-0.15, -0.1) is 5.10 Å². The number of hydrogen-bond acceptors (Lipinski definition) is 3. The molecule has 0 saturated heterocycles. The first-order valence-corrected chi connectivity index (χ1v) is 8.14. The fourth-order valence-corrected chi connectivity index (χ4v) is 2.76. The highest BCUT2D eigenvalue weighted by atomic mass is 19.4. The minimum Gasteiger partial charge on any atom is -0.270 e. The molecule has 0 bridgehead atoms. The first-order chi connectivity index (χ1) is 13.1. The number of hydrogen-bond donors (Lipinski definition) is 0. The van der Waals surface area contributed by atoms with Gasteiger partial charge in [0.05, 0.1) is 12.2 Å². The van der Waals surface area contributed by atoms with Gasteiger partial charge < -0.3 is 0 Å². The number of pyridine rings is 1. The Morgan fingerprint density at radius 2 is 1.86 bits per heavy atom. The zero-order valence-electron chi connectivity index (χ0n) is 14.8. The van der Waals surface area contributed by atoms with Crippen molar-refractivity contribution in [3.63, 3.8) is 0 Å². The number of nitrogens with zero attached hydrogens (tertiary/aromatic N) is 4. The van der Waals surface area contributed by atoms with Crippen LogP contribution in [0.1, 0.15) is 29.1 Å². The van der Waals surface area contributed by atoms with Crippen molar-refractivity contribution in [2.24, 2.45) is 7.05 Å². The average molecular weight is 398 g/mol. The van der Waals surface area contributed by atoms with Gasteiger partial charge in [0.1, 0.15) is 5.69 Å². The van der Waals surface area contributed by atoms with Gasteiger partial charge in [-0.3, -0.25) is 4.57 Å². The van der Waals surface area contributed by atoms with Gasteiger partial charge in [0.2, 0.25) is 5.82 Å². The highest BCUT2D eigenvalue weighted by Gasteiger charge is 2.32. The first-order valence-electron chi connectivity index (χ1n) is 8.14. The van der Waals surface area contributed by atoms with Crippen molar-refractivity contribution in [2.45, 2.75) is 26.1 Å². The molecular formula is C18H15F5N4O. The summed E-state index contributed by atoms with van der Waals surface area (Å²) in [4.78, 5) is 15.7. The second-order valence-corrected chi connectivity index (χ2v) is 6.20. The molecule has 0 aliphatic carbocycles. The molecule has 10 heteroatoms. The summed E-state index contributed by atoms with van der Waals surface area (Å²) in [5, 5.41) is 3.53. The Kier molecular flexibility index (Phi) is 5.05. The van der Waals surface area contributed by atoms with Crippen LogP contribution in [0.25, 0.3) is 11.3 Å². The molecule has 0 saturated carbocycles. The van der Waals surface area contributed by atoms with Crippen molar-refractivity contribution >= 4 is 0 Å². The van der Waals surface area contributed by atoms with E-state index in [-0.39, 0.29) is 12.2 Å². The van der Waals surface area contributed by atoms with Crippen LogP contribution in [0.4, 0.5) is 22.0 Å². The molecule has 0 spiro atoms. The van der Waals surface area contributed by atoms with Gasteiger partial charge in [0, 0.05) is 12.6 Å². The minimum atomic E-state index is -4.58. The van der Waals surface area contributed by atoms with E-state index in [1.165, 1.54) is 25.2 Å². The molecule has 0 fully saturated rings. The molecule has 3 aromatic rings. The van der Waals surface area contributed by atoms with Crippen LogP contribution in [-0.2, 0) is 19.8 Å². The maximum Gasteiger partial charge on any atom is 0.433 e. The Bertz CT molecular complexity index is 1070. The Balaban J connectivity index is 2.04. The van der Waals surface area contributed by atoms with Gasteiger partial charge in [-0.05, 0) is 36.2 Å². The molecule has 5 nitrogen and oxygen atoms in total. The van der Waals surface area contributed by atoms with Gasteiger partial charge in [-0.1, -0.05) is 18.2 Å². The third-order valence-corrected chi connectivity index (χ3v) is 4.24. The molecule has 2 heterocycles. The Morgan fingerprint density at radius 1 is 1.14 bits per heavy atom. The van der Waals surface area contributed by atoms with E-state index < -0.39 is 29.8 Å². The van der Waals surface area contributed by atoms with Gasteiger partial charge in [0.15, 0.2) is 0 Å². The standard InChI is InChI=1S/C18H15F5N4O/c1-10-6-7-11(13-4-3-5-14(24-13)18(21,22)23)8-12(10)9-27-16(15(19)20)25-26(2)17(27)28/h3-8,15H,9H2,1-2H3. The summed E-state index contributed by atoms with van der Waals surface area (Å²) in [6.07, 6.45) is -7.53. The van der Waals surface area contributed by atoms with Gasteiger partial charge in [-0.2, -0.15) is 13.2 Å². The topological polar surface area (TPSA) is 52.7 Å². The molecule has 0 radical (unpaired) electrons. The summed E-state index contributed by atoms with van der Waals surface area (Å²) < 4.78 is 66.7. The second kappa shape index (κ2) is 7.17. The summed E-state index contributed by atoms with van der Waals surface area (Å²) in [7, 11) is 1.26. The van der Waals surface area contributed by atoms with E-state index in [9.17, 15) is 26.7 Å². The lowest BCUT2D eigenvalue weighted by molar-refractivity contribution is -0.141. The quantitative estimate of drug-likeness (QED) is 0.626. The fraction of sp³-hybridized carbons (Fsp3) is 0.278. The number of aromatic nitrogens is 4. The molecule has 0 aliphatic heterocycles. The largest absolute Gasteiger partial charge is 0.433 e. The molecule has 0 N–H and O–H groups in total. The van der Waals surface area contributed by atoms with E-state index in [1.807, 2.05) is 0 Å². The van der Waals surface area contributed by atoms with Crippen LogP contribution in [0.5, 0.6) is 0 Å². The third-order valence-electron chi connectivity index (χ3n) is 4.24. The maximum absolute atomic E-state index is 13.2. The Labute approximate surface area is 156 Å². The van der Waals surface area contributed by atoms with E-state index in [0.717, 1.165) is 15.3 Å². The van der Waals surface area contributed by atoms with E-state index in [2.05, 4.69) is 10.1 Å². The number of aryl methyl sites for hydroxylation is 2. The van der Waals surface area contributed by atoms with Crippen LogP contribution in [-0.4, -0.2) is 19.3 Å². The number of rotatable bonds is 4. The van der Waals surface area contributed by atoms with Gasteiger partial charge in [0.25, 0.3) is 6.43 Å². The first kappa shape index (κ1) is 19.7. The zero-order valence-corrected chi connectivity index (χ0v) is 14.8. The Morgan fingerprint density at radius 3 is 2.50 bits per heavy atom. The lowest BCUT2D eigenvalue weighted by Gasteiger charge is -2.12. The van der Waals surface area contributed by atoms with Crippen molar-refractivity contribution in [1.29, 1.82) is 0 Å². The molecule has 3 rings (SSSR count). The predicted octanol–water partition coefficient (Wildman–Crippen LogP) is 3.96. The van der Waals surface area contributed by atoms with Gasteiger partial charge >= 0.3 is 11.9 Å². The maximum atomic E-state index is 13.2. The van der Waals surface area contributed by atoms with Crippen LogP contribution >= 0.6 is 0 Å². The van der Waals surface area contributed by atoms with Crippen molar-refractivity contribution in [3.05, 3.63) is 69.5 Å². The van der Waals surface area contributed by atoms with Crippen LogP contribution in [0.3, 0.4) is 0 Å². The number of halogens is 5. The molecular weight excluding hydrogens is 383 g/mol. The van der Waals surface area contributed by atoms with Crippen LogP contribution in [0.15, 0.2) is 41.2 Å². The highest BCUT2D eigenvalue weighted by Crippen LogP contribution is 2.30. The molecule has 28 heavy (non-hydrogen) atoms. The summed E-state index contributed by atoms with van der Waals surface area (Å²) in [6, 6.07) is 8.28. The normalized spacial score (nSPS) is 12.0. The fourth-order valence-electron chi connectivity index (χ4n) is 2.76. The Hall–Kier alpha value is -3.04. The summed E-state index contributed by atoms with van der Waals surface area (Å²) in [5.41, 5.74) is -0.0979. The summed E-state index contributed by atoms with van der Waals surface area (Å²) >= 11 is 0. The van der Waals surface area contributed by atoms with Crippen LogP contribution in [0.2, 0.25) is 0 Å². The van der Waals surface area contributed by atoms with E-state index in [0.29, 0.717) is 16.7 Å². The van der Waals surface area contributed by atoms with E-state index in [1.54, 1.807) is 19.1 Å². The summed E-state index contributed by atoms with van der Waals surface area (Å²) in [5.74, 6) is -0.672. The second-order valence-electron chi connectivity index (χ2n) is 6.20. The number of alkyl halides is 5. The zero-order chi connectivity index (χ0) is 20.6. The molecule has 0 unspecified atom stereocenters. The number of benzene rings is 1. The SMILES string of the molecule is Cc1ccc(-c2cccc(C(F)(F)F)n2)cc1Cn1c(C(F)F)nn(C)c1=O. The minimum absolute atomic E-state index is 0.0868. The van der Waals surface area contributed by atoms with Crippen molar-refractivity contribution in [1.82, 2.24) is 19.3 Å². The van der Waals surface area contributed by atoms with E-state index >= 15 is 0 Å². The summed E-state index contributed by atoms with van der Waals surface area (Å²) in [6.45, 7) is 1.52. The van der Waals surface area contributed by atoms with Crippen LogP contribution < -0.4 is 5.69 Å². The van der Waals surface area contributed by atoms with Crippen molar-refractivity contribution in [3.8, 4) is 11.3 Å². The lowest BCUT2D eigenvalue weighted by atomic mass is 10.0. The molecule has 0 amide bonds. The van der Waals surface area contributed by atoms with Crippen molar-refractivity contribution < 1.29 is 22.0 Å². The smallest absolute Gasteiger partial charge is 0.270 e. The lowest BCUT2D eigenvalue weighted by Crippen LogP contribution is -2.24. The van der Waals surface area contributed by atoms with Gasteiger partial charge in [-0.25, -0.2) is 23.2 Å². The predicted molar refractivity (Wildman–Crippen MR) is 90.9 cm³/mol. The third kappa shape index (κ3) is 3.80. The molecule has 0 aliphatic rings. The van der Waals surface area contributed by atoms with Crippen molar-refractivity contribution in [2.75, 3.05) is 0 Å². The average Bonchev–Trinajstić information content (AvgIpc) is 2.91. The molecule has 148 valence electrons. The monoisotopic (exact) mass is 398 g/mol. The molecule has 2 aromatic heterocycles. The van der Waals surface area contributed by atoms with Crippen LogP contribution in [0, 0.1) is 6.92 Å². The molecule has 0 atom stereocenters. The van der Waals surface area contributed by atoms with E-state index in [4.69, 9.17) is 0 Å². The molecule has 1 aromatic carbocycles.